The molecule has 0 bridgehead atoms. The highest BCUT2D eigenvalue weighted by atomic mass is 16.5. The van der Waals surface area contributed by atoms with E-state index >= 15 is 0 Å². The molecule has 1 aliphatic heterocycles. The number of morpholine rings is 1. The highest BCUT2D eigenvalue weighted by Crippen LogP contribution is 2.17. The molecule has 1 atom stereocenters. The Kier molecular flexibility index (Phi) is 4.24. The number of carbonyl (C=O) groups excluding carboxylic acids is 1. The molecule has 3 aromatic rings. The molecule has 0 radical (unpaired) electrons. The van der Waals surface area contributed by atoms with E-state index in [1.807, 2.05) is 59.3 Å². The zero-order valence-corrected chi connectivity index (χ0v) is 15.3. The van der Waals surface area contributed by atoms with Crippen molar-refractivity contribution >= 4 is 16.9 Å². The van der Waals surface area contributed by atoms with Crippen LogP contribution in [0.2, 0.25) is 0 Å². The van der Waals surface area contributed by atoms with Crippen LogP contribution in [0.4, 0.5) is 0 Å². The first-order chi connectivity index (χ1) is 12.5. The number of hydrogen-bond acceptors (Lipinski definition) is 4. The summed E-state index contributed by atoms with van der Waals surface area (Å²) in [6.45, 7) is 6.39. The van der Waals surface area contributed by atoms with Crippen LogP contribution >= 0.6 is 0 Å². The van der Waals surface area contributed by atoms with E-state index in [9.17, 15) is 4.79 Å². The van der Waals surface area contributed by atoms with Gasteiger partial charge in [-0.1, -0.05) is 0 Å². The first-order valence-electron chi connectivity index (χ1n) is 8.84. The summed E-state index contributed by atoms with van der Waals surface area (Å²) < 4.78 is 9.77. The number of amides is 1. The van der Waals surface area contributed by atoms with Gasteiger partial charge in [-0.2, -0.15) is 5.10 Å². The van der Waals surface area contributed by atoms with Gasteiger partial charge in [0.2, 0.25) is 0 Å². The molecule has 0 spiro atoms. The van der Waals surface area contributed by atoms with Crippen molar-refractivity contribution < 1.29 is 9.53 Å². The molecular formula is C19H23N5O2. The van der Waals surface area contributed by atoms with Crippen molar-refractivity contribution in [1.29, 1.82) is 0 Å². The van der Waals surface area contributed by atoms with Gasteiger partial charge < -0.3 is 14.2 Å². The largest absolute Gasteiger partial charge is 0.373 e. The summed E-state index contributed by atoms with van der Waals surface area (Å²) in [7, 11) is 1.95. The van der Waals surface area contributed by atoms with Crippen LogP contribution in [0.5, 0.6) is 0 Å². The zero-order valence-electron chi connectivity index (χ0n) is 15.3. The molecule has 7 nitrogen and oxygen atoms in total. The van der Waals surface area contributed by atoms with E-state index in [1.54, 1.807) is 6.33 Å². The van der Waals surface area contributed by atoms with Gasteiger partial charge in [0.1, 0.15) is 0 Å². The smallest absolute Gasteiger partial charge is 0.254 e. The van der Waals surface area contributed by atoms with Gasteiger partial charge in [0.25, 0.3) is 5.91 Å². The molecule has 2 aromatic heterocycles. The van der Waals surface area contributed by atoms with E-state index in [0.717, 1.165) is 22.4 Å². The Hall–Kier alpha value is -2.67. The molecule has 136 valence electrons. The van der Waals surface area contributed by atoms with E-state index in [4.69, 9.17) is 4.74 Å². The molecular weight excluding hydrogens is 330 g/mol. The predicted molar refractivity (Wildman–Crippen MR) is 98.1 cm³/mol. The lowest BCUT2D eigenvalue weighted by Crippen LogP contribution is -2.47. The van der Waals surface area contributed by atoms with Crippen molar-refractivity contribution in [2.45, 2.75) is 26.5 Å². The molecule has 0 N–H and O–H groups in total. The second-order valence-electron chi connectivity index (χ2n) is 6.91. The molecule has 4 rings (SSSR count). The average Bonchev–Trinajstić information content (AvgIpc) is 3.16. The van der Waals surface area contributed by atoms with E-state index < -0.39 is 0 Å². The molecule has 0 saturated carbocycles. The number of rotatable bonds is 3. The summed E-state index contributed by atoms with van der Waals surface area (Å²) in [5, 5.41) is 4.49. The minimum absolute atomic E-state index is 0.0271. The zero-order chi connectivity index (χ0) is 18.3. The number of nitrogens with zero attached hydrogens (tertiary/aromatic N) is 5. The Balaban J connectivity index is 1.49. The normalized spacial score (nSPS) is 17.8. The Bertz CT molecular complexity index is 958. The standard InChI is InChI=1S/C19H23N5O2/c1-13-8-14(2)24(21-13)11-16-10-23(6-7-26-16)19(25)15-4-5-18-17(9-15)20-12-22(18)3/h4-5,8-9,12,16H,6-7,10-11H2,1-3H3. The number of carbonyl (C=O) groups is 1. The van der Waals surface area contributed by atoms with Crippen LogP contribution in [0.1, 0.15) is 21.7 Å². The molecule has 3 heterocycles. The average molecular weight is 353 g/mol. The fourth-order valence-corrected chi connectivity index (χ4v) is 3.52. The molecule has 0 aliphatic carbocycles. The van der Waals surface area contributed by atoms with Gasteiger partial charge in [-0.3, -0.25) is 9.48 Å². The summed E-state index contributed by atoms with van der Waals surface area (Å²) in [6.07, 6.45) is 1.71. The second-order valence-corrected chi connectivity index (χ2v) is 6.91. The Morgan fingerprint density at radius 3 is 2.92 bits per heavy atom. The summed E-state index contributed by atoms with van der Waals surface area (Å²) in [5.74, 6) is 0.0271. The fourth-order valence-electron chi connectivity index (χ4n) is 3.52. The number of fused-ring (bicyclic) bond motifs is 1. The molecule has 7 heteroatoms. The van der Waals surface area contributed by atoms with Crippen molar-refractivity contribution in [1.82, 2.24) is 24.2 Å². The summed E-state index contributed by atoms with van der Waals surface area (Å²) in [5.41, 5.74) is 4.63. The maximum absolute atomic E-state index is 12.9. The topological polar surface area (TPSA) is 65.2 Å². The monoisotopic (exact) mass is 353 g/mol. The van der Waals surface area contributed by atoms with Crippen LogP contribution in [0, 0.1) is 13.8 Å². The van der Waals surface area contributed by atoms with Crippen molar-refractivity contribution in [2.24, 2.45) is 7.05 Å². The van der Waals surface area contributed by atoms with Gasteiger partial charge in [0.05, 0.1) is 42.3 Å². The van der Waals surface area contributed by atoms with E-state index in [1.165, 1.54) is 0 Å². The summed E-state index contributed by atoms with van der Waals surface area (Å²) in [4.78, 5) is 19.1. The van der Waals surface area contributed by atoms with Crippen molar-refractivity contribution in [3.05, 3.63) is 47.5 Å². The van der Waals surface area contributed by atoms with Gasteiger partial charge in [0.15, 0.2) is 0 Å². The number of hydrogen-bond donors (Lipinski definition) is 0. The molecule has 1 saturated heterocycles. The minimum atomic E-state index is -0.0516. The quantitative estimate of drug-likeness (QED) is 0.722. The van der Waals surface area contributed by atoms with Crippen LogP contribution in [0.15, 0.2) is 30.6 Å². The number of aromatic nitrogens is 4. The molecule has 1 unspecified atom stereocenters. The minimum Gasteiger partial charge on any atom is -0.373 e. The van der Waals surface area contributed by atoms with Gasteiger partial charge in [-0.25, -0.2) is 4.98 Å². The van der Waals surface area contributed by atoms with Crippen molar-refractivity contribution in [2.75, 3.05) is 19.7 Å². The maximum Gasteiger partial charge on any atom is 0.254 e. The lowest BCUT2D eigenvalue weighted by Gasteiger charge is -2.33. The van der Waals surface area contributed by atoms with Gasteiger partial charge in [-0.15, -0.1) is 0 Å². The first-order valence-corrected chi connectivity index (χ1v) is 8.84. The van der Waals surface area contributed by atoms with Crippen molar-refractivity contribution in [3.8, 4) is 0 Å². The van der Waals surface area contributed by atoms with Crippen molar-refractivity contribution in [3.63, 3.8) is 0 Å². The van der Waals surface area contributed by atoms with Crippen LogP contribution in [-0.2, 0) is 18.3 Å². The predicted octanol–water partition coefficient (Wildman–Crippen LogP) is 1.93. The van der Waals surface area contributed by atoms with E-state index in [-0.39, 0.29) is 12.0 Å². The number of aryl methyl sites for hydroxylation is 3. The highest BCUT2D eigenvalue weighted by molar-refractivity contribution is 5.97. The molecule has 1 fully saturated rings. The Morgan fingerprint density at radius 1 is 1.31 bits per heavy atom. The Labute approximate surface area is 152 Å². The van der Waals surface area contributed by atoms with E-state index in [2.05, 4.69) is 10.1 Å². The maximum atomic E-state index is 12.9. The van der Waals surface area contributed by atoms with Gasteiger partial charge >= 0.3 is 0 Å². The first kappa shape index (κ1) is 16.8. The summed E-state index contributed by atoms with van der Waals surface area (Å²) >= 11 is 0. The number of benzene rings is 1. The second kappa shape index (κ2) is 6.57. The van der Waals surface area contributed by atoms with E-state index in [0.29, 0.717) is 31.8 Å². The number of ether oxygens (including phenoxy) is 1. The fraction of sp³-hybridized carbons (Fsp3) is 0.421. The van der Waals surface area contributed by atoms with Crippen LogP contribution in [0.3, 0.4) is 0 Å². The Morgan fingerprint density at radius 2 is 2.15 bits per heavy atom. The van der Waals surface area contributed by atoms with Gasteiger partial charge in [-0.05, 0) is 38.1 Å². The molecule has 26 heavy (non-hydrogen) atoms. The van der Waals surface area contributed by atoms with Crippen LogP contribution in [-0.4, -0.2) is 55.9 Å². The highest BCUT2D eigenvalue weighted by Gasteiger charge is 2.26. The van der Waals surface area contributed by atoms with Gasteiger partial charge in [0, 0.05) is 31.4 Å². The third-order valence-electron chi connectivity index (χ3n) is 4.88. The summed E-state index contributed by atoms with van der Waals surface area (Å²) in [6, 6.07) is 7.73. The lowest BCUT2D eigenvalue weighted by atomic mass is 10.1. The number of imidazole rings is 1. The third kappa shape index (κ3) is 3.10. The van der Waals surface area contributed by atoms with Crippen LogP contribution in [0.25, 0.3) is 11.0 Å². The third-order valence-corrected chi connectivity index (χ3v) is 4.88. The lowest BCUT2D eigenvalue weighted by molar-refractivity contribution is -0.0302. The SMILES string of the molecule is Cc1cc(C)n(CC2CN(C(=O)c3ccc4c(c3)ncn4C)CCO2)n1. The van der Waals surface area contributed by atoms with Crippen LogP contribution < -0.4 is 0 Å². The molecule has 1 aromatic carbocycles. The molecule has 1 aliphatic rings. The molecule has 1 amide bonds.